The van der Waals surface area contributed by atoms with E-state index in [0.717, 1.165) is 15.6 Å². The number of carbonyl (C=O) groups is 1. The van der Waals surface area contributed by atoms with Gasteiger partial charge in [-0.05, 0) is 41.5 Å². The zero-order valence-corrected chi connectivity index (χ0v) is 12.0. The van der Waals surface area contributed by atoms with E-state index in [1.54, 1.807) is 12.1 Å². The van der Waals surface area contributed by atoms with Gasteiger partial charge in [0.2, 0.25) is 0 Å². The van der Waals surface area contributed by atoms with Crippen molar-refractivity contribution in [3.63, 3.8) is 0 Å². The third-order valence-electron chi connectivity index (χ3n) is 2.48. The second kappa shape index (κ2) is 5.55. The predicted octanol–water partition coefficient (Wildman–Crippen LogP) is 4.56. The third kappa shape index (κ3) is 2.92. The summed E-state index contributed by atoms with van der Waals surface area (Å²) in [7, 11) is 1.37. The number of ether oxygens (including phenoxy) is 1. The Balaban J connectivity index is 2.47. The van der Waals surface area contributed by atoms with E-state index in [1.807, 2.05) is 30.3 Å². The molecule has 2 aromatic carbocycles. The van der Waals surface area contributed by atoms with Gasteiger partial charge >= 0.3 is 5.97 Å². The van der Waals surface area contributed by atoms with Gasteiger partial charge in [-0.3, -0.25) is 0 Å². The Hall–Kier alpha value is -1.32. The summed E-state index contributed by atoms with van der Waals surface area (Å²) in [6.07, 6.45) is 0. The molecular weight excluding hydrogens is 316 g/mol. The van der Waals surface area contributed by atoms with E-state index in [-0.39, 0.29) is 5.97 Å². The molecule has 0 saturated carbocycles. The zero-order valence-electron chi connectivity index (χ0n) is 9.61. The molecule has 0 amide bonds. The molecule has 0 radical (unpaired) electrons. The van der Waals surface area contributed by atoms with Crippen molar-refractivity contribution in [3.05, 3.63) is 57.5 Å². The topological polar surface area (TPSA) is 26.3 Å². The smallest absolute Gasteiger partial charge is 0.337 e. The Morgan fingerprint density at radius 1 is 1.17 bits per heavy atom. The van der Waals surface area contributed by atoms with Crippen LogP contribution in [0.25, 0.3) is 11.1 Å². The lowest BCUT2D eigenvalue weighted by atomic mass is 10.0. The predicted molar refractivity (Wildman–Crippen MR) is 75.9 cm³/mol. The summed E-state index contributed by atoms with van der Waals surface area (Å²) in [5, 5.41) is 0.642. The standard InChI is InChI=1S/C14H10BrClO2/c1-18-14(17)10-4-2-3-9(5-10)11-6-12(15)8-13(16)7-11/h2-8H,1H3. The summed E-state index contributed by atoms with van der Waals surface area (Å²) in [5.41, 5.74) is 2.38. The monoisotopic (exact) mass is 324 g/mol. The molecule has 0 atom stereocenters. The summed E-state index contributed by atoms with van der Waals surface area (Å²) in [5.74, 6) is -0.349. The fraction of sp³-hybridized carbons (Fsp3) is 0.0714. The average molecular weight is 326 g/mol. The molecule has 0 aliphatic heterocycles. The van der Waals surface area contributed by atoms with Crippen molar-refractivity contribution in [1.29, 1.82) is 0 Å². The van der Waals surface area contributed by atoms with E-state index in [1.165, 1.54) is 7.11 Å². The van der Waals surface area contributed by atoms with Crippen molar-refractivity contribution in [3.8, 4) is 11.1 Å². The summed E-state index contributed by atoms with van der Waals surface area (Å²) < 4.78 is 5.60. The second-order valence-electron chi connectivity index (χ2n) is 3.73. The number of esters is 1. The van der Waals surface area contributed by atoms with Crippen LogP contribution in [0.5, 0.6) is 0 Å². The molecular formula is C14H10BrClO2. The van der Waals surface area contributed by atoms with E-state index in [0.29, 0.717) is 10.6 Å². The Morgan fingerprint density at radius 2 is 1.94 bits per heavy atom. The molecule has 18 heavy (non-hydrogen) atoms. The van der Waals surface area contributed by atoms with Gasteiger partial charge in [0, 0.05) is 9.50 Å². The van der Waals surface area contributed by atoms with Gasteiger partial charge in [0.05, 0.1) is 12.7 Å². The van der Waals surface area contributed by atoms with Crippen molar-refractivity contribution in [2.75, 3.05) is 7.11 Å². The minimum atomic E-state index is -0.349. The van der Waals surface area contributed by atoms with E-state index >= 15 is 0 Å². The van der Waals surface area contributed by atoms with Crippen LogP contribution in [0.2, 0.25) is 5.02 Å². The molecule has 2 rings (SSSR count). The Morgan fingerprint density at radius 3 is 2.61 bits per heavy atom. The first-order valence-electron chi connectivity index (χ1n) is 5.25. The molecule has 92 valence electrons. The molecule has 0 N–H and O–H groups in total. The first-order chi connectivity index (χ1) is 8.60. The maximum Gasteiger partial charge on any atom is 0.337 e. The molecule has 0 aromatic heterocycles. The minimum absolute atomic E-state index is 0.349. The molecule has 0 unspecified atom stereocenters. The van der Waals surface area contributed by atoms with Crippen LogP contribution in [0, 0.1) is 0 Å². The first kappa shape index (κ1) is 13.1. The molecule has 0 heterocycles. The first-order valence-corrected chi connectivity index (χ1v) is 6.42. The van der Waals surface area contributed by atoms with Gasteiger partial charge in [-0.1, -0.05) is 39.7 Å². The Kier molecular flexibility index (Phi) is 4.04. The highest BCUT2D eigenvalue weighted by Crippen LogP contribution is 2.28. The lowest BCUT2D eigenvalue weighted by Crippen LogP contribution is -2.00. The fourth-order valence-corrected chi connectivity index (χ4v) is 2.52. The molecule has 0 spiro atoms. The van der Waals surface area contributed by atoms with Gasteiger partial charge in [0.25, 0.3) is 0 Å². The minimum Gasteiger partial charge on any atom is -0.465 e. The van der Waals surface area contributed by atoms with Gasteiger partial charge in [0.15, 0.2) is 0 Å². The van der Waals surface area contributed by atoms with Crippen LogP contribution in [0.15, 0.2) is 46.9 Å². The van der Waals surface area contributed by atoms with Crippen molar-refractivity contribution >= 4 is 33.5 Å². The van der Waals surface area contributed by atoms with Crippen LogP contribution in [-0.4, -0.2) is 13.1 Å². The zero-order chi connectivity index (χ0) is 13.1. The lowest BCUT2D eigenvalue weighted by Gasteiger charge is -2.06. The van der Waals surface area contributed by atoms with Gasteiger partial charge in [-0.2, -0.15) is 0 Å². The molecule has 0 fully saturated rings. The van der Waals surface area contributed by atoms with Crippen LogP contribution in [0.4, 0.5) is 0 Å². The maximum absolute atomic E-state index is 11.5. The number of benzene rings is 2. The van der Waals surface area contributed by atoms with Crippen molar-refractivity contribution < 1.29 is 9.53 Å². The van der Waals surface area contributed by atoms with Crippen LogP contribution >= 0.6 is 27.5 Å². The van der Waals surface area contributed by atoms with Gasteiger partial charge in [-0.25, -0.2) is 4.79 Å². The lowest BCUT2D eigenvalue weighted by molar-refractivity contribution is 0.0601. The fourth-order valence-electron chi connectivity index (χ4n) is 1.66. The molecule has 0 bridgehead atoms. The molecule has 0 saturated heterocycles. The highest BCUT2D eigenvalue weighted by atomic mass is 79.9. The summed E-state index contributed by atoms with van der Waals surface area (Å²) in [6, 6.07) is 12.8. The van der Waals surface area contributed by atoms with E-state index in [2.05, 4.69) is 15.9 Å². The van der Waals surface area contributed by atoms with Crippen molar-refractivity contribution in [1.82, 2.24) is 0 Å². The van der Waals surface area contributed by atoms with Crippen molar-refractivity contribution in [2.24, 2.45) is 0 Å². The summed E-state index contributed by atoms with van der Waals surface area (Å²) >= 11 is 9.40. The largest absolute Gasteiger partial charge is 0.465 e. The van der Waals surface area contributed by atoms with E-state index in [4.69, 9.17) is 16.3 Å². The third-order valence-corrected chi connectivity index (χ3v) is 3.16. The molecule has 4 heteroatoms. The van der Waals surface area contributed by atoms with Crippen molar-refractivity contribution in [2.45, 2.75) is 0 Å². The van der Waals surface area contributed by atoms with Crippen LogP contribution in [0.3, 0.4) is 0 Å². The Bertz CT molecular complexity index is 576. The summed E-state index contributed by atoms with van der Waals surface area (Å²) in [4.78, 5) is 11.5. The summed E-state index contributed by atoms with van der Waals surface area (Å²) in [6.45, 7) is 0. The SMILES string of the molecule is COC(=O)c1cccc(-c2cc(Cl)cc(Br)c2)c1. The van der Waals surface area contributed by atoms with Gasteiger partial charge in [0.1, 0.15) is 0 Å². The number of methoxy groups -OCH3 is 1. The van der Waals surface area contributed by atoms with Crippen LogP contribution in [-0.2, 0) is 4.74 Å². The van der Waals surface area contributed by atoms with Gasteiger partial charge in [-0.15, -0.1) is 0 Å². The quantitative estimate of drug-likeness (QED) is 0.757. The maximum atomic E-state index is 11.5. The number of hydrogen-bond acceptors (Lipinski definition) is 2. The molecule has 2 aromatic rings. The van der Waals surface area contributed by atoms with Crippen LogP contribution < -0.4 is 0 Å². The number of halogens is 2. The number of carbonyl (C=O) groups excluding carboxylic acids is 1. The highest BCUT2D eigenvalue weighted by molar-refractivity contribution is 9.10. The normalized spacial score (nSPS) is 10.2. The van der Waals surface area contributed by atoms with Gasteiger partial charge < -0.3 is 4.74 Å². The number of hydrogen-bond donors (Lipinski definition) is 0. The average Bonchev–Trinajstić information content (AvgIpc) is 2.37. The molecule has 0 aliphatic carbocycles. The van der Waals surface area contributed by atoms with E-state index < -0.39 is 0 Å². The highest BCUT2D eigenvalue weighted by Gasteiger charge is 2.07. The Labute approximate surface area is 119 Å². The molecule has 2 nitrogen and oxygen atoms in total. The molecule has 0 aliphatic rings. The second-order valence-corrected chi connectivity index (χ2v) is 5.08. The van der Waals surface area contributed by atoms with E-state index in [9.17, 15) is 4.79 Å². The van der Waals surface area contributed by atoms with Crippen LogP contribution in [0.1, 0.15) is 10.4 Å². The number of rotatable bonds is 2.